The predicted octanol–water partition coefficient (Wildman–Crippen LogP) is 10.8. The van der Waals surface area contributed by atoms with Crippen LogP contribution in [-0.2, 0) is 14.4 Å². The maximum absolute atomic E-state index is 11.5. The van der Waals surface area contributed by atoms with Gasteiger partial charge in [-0.3, -0.25) is 0 Å². The van der Waals surface area contributed by atoms with E-state index < -0.39 is 0 Å². The van der Waals surface area contributed by atoms with Crippen LogP contribution in [0.4, 0.5) is 0 Å². The third-order valence-electron chi connectivity index (χ3n) is 10.2. The Morgan fingerprint density at radius 2 is 0.517 bits per heavy atom. The molecule has 1 aliphatic carbocycles. The molecule has 0 unspecified atom stereocenters. The van der Waals surface area contributed by atoms with Crippen molar-refractivity contribution in [3.05, 3.63) is 93.0 Å². The maximum atomic E-state index is 11.5. The number of aromatic hydroxyl groups is 4. The second-order valence-electron chi connectivity index (χ2n) is 15.2. The summed E-state index contributed by atoms with van der Waals surface area (Å²) in [6, 6.07) is 14.5. The topological polar surface area (TPSA) is 169 Å². The van der Waals surface area contributed by atoms with Crippen molar-refractivity contribution in [2.45, 2.75) is 119 Å². The number of phenolic OH excluding ortho intramolecular Hbond substituents is 4. The molecule has 0 radical (unpaired) electrons. The van der Waals surface area contributed by atoms with Gasteiger partial charge in [0.25, 0.3) is 0 Å². The first-order chi connectivity index (χ1) is 28.3. The van der Waals surface area contributed by atoms with Crippen LogP contribution in [-0.4, -0.2) is 66.2 Å². The number of phenols is 4. The minimum atomic E-state index is -0.311. The molecule has 5 rings (SSSR count). The zero-order chi connectivity index (χ0) is 45.6. The van der Waals surface area contributed by atoms with Crippen molar-refractivity contribution >= 4 is 17.3 Å². The molecular formula is C49H66O11. The maximum Gasteiger partial charge on any atom is 0.126 e. The Balaban J connectivity index is 0.000000914. The summed E-state index contributed by atoms with van der Waals surface area (Å²) in [7, 11) is 6.30. The lowest BCUT2D eigenvalue weighted by Crippen LogP contribution is -2.12. The summed E-state index contributed by atoms with van der Waals surface area (Å²) < 4.78 is 23.4. The standard InChI is InChI=1S/C40H48O8.3C3H6O/c1-9-21-25-13-30(38(46-6)17-33(25)41)23(11-3)27-15-32(40(48-8)19-35(27)43)24(12-4)28-16-31(39(47-7)20-36(28)44)22(10-2)26-14-29(21)37(45-5)18-34(26)42;3*1-3(2)4/h13-24,41-44H,9-12H2,1-8H3;3*1-2H3/t21-,22-,23-,24-;;;/m1.../s1. The van der Waals surface area contributed by atoms with Crippen LogP contribution in [0.1, 0.15) is 163 Å². The highest BCUT2D eigenvalue weighted by atomic mass is 16.5. The number of methoxy groups -OCH3 is 4. The van der Waals surface area contributed by atoms with Crippen LogP contribution in [0, 0.1) is 0 Å². The number of ketones is 3. The van der Waals surface area contributed by atoms with E-state index in [1.54, 1.807) is 52.7 Å². The smallest absolute Gasteiger partial charge is 0.126 e. The van der Waals surface area contributed by atoms with E-state index in [4.69, 9.17) is 18.9 Å². The van der Waals surface area contributed by atoms with Crippen LogP contribution in [0.3, 0.4) is 0 Å². The Morgan fingerprint density at radius 1 is 0.367 bits per heavy atom. The van der Waals surface area contributed by atoms with Gasteiger partial charge in [0.05, 0.1) is 28.4 Å². The molecule has 4 N–H and O–H groups in total. The number of fused-ring (bicyclic) bond motifs is 8. The minimum Gasteiger partial charge on any atom is -0.508 e. The predicted molar refractivity (Wildman–Crippen MR) is 236 cm³/mol. The molecule has 0 heterocycles. The average molecular weight is 831 g/mol. The van der Waals surface area contributed by atoms with E-state index in [1.165, 1.54) is 41.5 Å². The van der Waals surface area contributed by atoms with Crippen LogP contribution < -0.4 is 18.9 Å². The zero-order valence-electron chi connectivity index (χ0n) is 37.9. The highest BCUT2D eigenvalue weighted by Crippen LogP contribution is 2.51. The SMILES string of the molecule is CC(C)=O.CC(C)=O.CC(C)=O.CC[C@@H]1c2cc(c(OC)cc2O)[C@H](CC)c2cc(c(OC)cc2O)[C@H](CC)c2cc(c(OC)cc2O)[C@H](CC)c2cc1c(OC)cc2O. The number of ether oxygens (including phenoxy) is 4. The quantitative estimate of drug-likeness (QED) is 0.133. The minimum absolute atomic E-state index is 0.0812. The molecule has 4 aromatic carbocycles. The summed E-state index contributed by atoms with van der Waals surface area (Å²) in [4.78, 5) is 28.3. The van der Waals surface area contributed by atoms with Gasteiger partial charge < -0.3 is 53.8 Å². The normalized spacial score (nSPS) is 16.2. The molecule has 4 aromatic rings. The molecule has 11 nitrogen and oxygen atoms in total. The molecule has 0 saturated carbocycles. The number of rotatable bonds is 8. The molecule has 328 valence electrons. The van der Waals surface area contributed by atoms with E-state index in [2.05, 4.69) is 27.7 Å². The molecular weight excluding hydrogens is 765 g/mol. The highest BCUT2D eigenvalue weighted by molar-refractivity contribution is 5.72. The molecule has 8 bridgehead atoms. The first kappa shape index (κ1) is 50.4. The summed E-state index contributed by atoms with van der Waals surface area (Å²) in [6.07, 6.45) is 2.49. The summed E-state index contributed by atoms with van der Waals surface area (Å²) in [6.45, 7) is 17.4. The molecule has 1 aliphatic rings. The molecule has 4 atom stereocenters. The molecule has 11 heteroatoms. The van der Waals surface area contributed by atoms with Crippen molar-refractivity contribution < 1.29 is 53.8 Å². The fraction of sp³-hybridized carbons (Fsp3) is 0.449. The summed E-state index contributed by atoms with van der Waals surface area (Å²) in [5.41, 5.74) is 6.01. The molecule has 0 aromatic heterocycles. The monoisotopic (exact) mass is 830 g/mol. The van der Waals surface area contributed by atoms with E-state index >= 15 is 0 Å². The second-order valence-corrected chi connectivity index (χ2v) is 15.2. The van der Waals surface area contributed by atoms with E-state index in [0.717, 1.165) is 22.3 Å². The van der Waals surface area contributed by atoms with Crippen LogP contribution in [0.15, 0.2) is 48.5 Å². The third kappa shape index (κ3) is 12.2. The van der Waals surface area contributed by atoms with Crippen molar-refractivity contribution in [3.8, 4) is 46.0 Å². The lowest BCUT2D eigenvalue weighted by atomic mass is 9.77. The molecule has 60 heavy (non-hydrogen) atoms. The van der Waals surface area contributed by atoms with Gasteiger partial charge in [0.2, 0.25) is 0 Å². The molecule has 0 aliphatic heterocycles. The largest absolute Gasteiger partial charge is 0.508 e. The lowest BCUT2D eigenvalue weighted by molar-refractivity contribution is -0.115. The Labute approximate surface area is 356 Å². The number of carbonyl (C=O) groups is 3. The van der Waals surface area contributed by atoms with Crippen LogP contribution in [0.5, 0.6) is 46.0 Å². The first-order valence-electron chi connectivity index (χ1n) is 20.3. The number of hydrogen-bond donors (Lipinski definition) is 4. The summed E-state index contributed by atoms with van der Waals surface area (Å²) >= 11 is 0. The molecule has 0 fully saturated rings. The van der Waals surface area contributed by atoms with E-state index in [9.17, 15) is 34.8 Å². The van der Waals surface area contributed by atoms with Gasteiger partial charge in [-0.25, -0.2) is 0 Å². The Morgan fingerprint density at radius 3 is 0.633 bits per heavy atom. The van der Waals surface area contributed by atoms with Crippen molar-refractivity contribution in [1.29, 1.82) is 0 Å². The van der Waals surface area contributed by atoms with Crippen molar-refractivity contribution in [3.63, 3.8) is 0 Å². The molecule has 0 amide bonds. The Kier molecular flexibility index (Phi) is 19.5. The van der Waals surface area contributed by atoms with Crippen LogP contribution >= 0.6 is 0 Å². The summed E-state index contributed by atoms with van der Waals surface area (Å²) in [5.74, 6) is 1.60. The van der Waals surface area contributed by atoms with Gasteiger partial charge in [0.15, 0.2) is 0 Å². The van der Waals surface area contributed by atoms with Gasteiger partial charge in [-0.2, -0.15) is 0 Å². The third-order valence-corrected chi connectivity index (χ3v) is 10.2. The summed E-state index contributed by atoms with van der Waals surface area (Å²) in [5, 5.41) is 46.1. The van der Waals surface area contributed by atoms with Crippen molar-refractivity contribution in [2.24, 2.45) is 0 Å². The first-order valence-corrected chi connectivity index (χ1v) is 20.3. The zero-order valence-corrected chi connectivity index (χ0v) is 37.9. The average Bonchev–Trinajstić information content (AvgIpc) is 3.18. The number of hydrogen-bond acceptors (Lipinski definition) is 11. The number of benzene rings is 4. The van der Waals surface area contributed by atoms with Crippen LogP contribution in [0.2, 0.25) is 0 Å². The van der Waals surface area contributed by atoms with Gasteiger partial charge in [-0.1, -0.05) is 27.7 Å². The van der Waals surface area contributed by atoms with Gasteiger partial charge in [0.1, 0.15) is 63.3 Å². The molecule has 0 saturated heterocycles. The van der Waals surface area contributed by atoms with Gasteiger partial charge >= 0.3 is 0 Å². The Hall–Kier alpha value is -5.71. The fourth-order valence-corrected chi connectivity index (χ4v) is 7.76. The lowest BCUT2D eigenvalue weighted by Gasteiger charge is -2.29. The van der Waals surface area contributed by atoms with E-state index in [-0.39, 0.29) is 64.0 Å². The van der Waals surface area contributed by atoms with Crippen molar-refractivity contribution in [1.82, 2.24) is 0 Å². The van der Waals surface area contributed by atoms with Crippen LogP contribution in [0.25, 0.3) is 0 Å². The van der Waals surface area contributed by atoms with E-state index in [0.29, 0.717) is 70.9 Å². The Bertz CT molecular complexity index is 1800. The van der Waals surface area contributed by atoms with Crippen molar-refractivity contribution in [2.75, 3.05) is 28.4 Å². The number of Topliss-reactive ketones (excluding diaryl/α,β-unsaturated/α-hetero) is 3. The highest BCUT2D eigenvalue weighted by Gasteiger charge is 2.32. The second kappa shape index (κ2) is 23.2. The number of carbonyl (C=O) groups excluding carboxylic acids is 3. The van der Waals surface area contributed by atoms with Gasteiger partial charge in [0, 0.05) is 92.4 Å². The van der Waals surface area contributed by atoms with E-state index in [1.807, 2.05) is 24.3 Å². The molecule has 0 spiro atoms. The van der Waals surface area contributed by atoms with Gasteiger partial charge in [-0.15, -0.1) is 0 Å². The van der Waals surface area contributed by atoms with Gasteiger partial charge in [-0.05, 0) is 91.5 Å². The fourth-order valence-electron chi connectivity index (χ4n) is 7.76.